The maximum atomic E-state index is 12.1. The normalized spacial score (nSPS) is 22.1. The number of nitrogens with one attached hydrogen (secondary N) is 1. The van der Waals surface area contributed by atoms with Gasteiger partial charge in [0, 0.05) is 5.92 Å². The molecule has 1 aromatic carbocycles. The van der Waals surface area contributed by atoms with Gasteiger partial charge in [0.25, 0.3) is 0 Å². The van der Waals surface area contributed by atoms with Crippen LogP contribution in [0.15, 0.2) is 30.3 Å². The lowest BCUT2D eigenvalue weighted by Crippen LogP contribution is -2.41. The average molecular weight is 275 g/mol. The molecule has 0 heterocycles. The molecule has 1 aliphatic rings. The molecule has 0 aliphatic heterocycles. The molecule has 2 N–H and O–H groups in total. The first-order chi connectivity index (χ1) is 9.63. The Labute approximate surface area is 119 Å². The van der Waals surface area contributed by atoms with E-state index in [2.05, 4.69) is 5.32 Å². The van der Waals surface area contributed by atoms with Gasteiger partial charge in [-0.25, -0.2) is 4.79 Å². The van der Waals surface area contributed by atoms with Crippen molar-refractivity contribution in [3.05, 3.63) is 35.9 Å². The summed E-state index contributed by atoms with van der Waals surface area (Å²) in [7, 11) is 0. The molecule has 1 saturated carbocycles. The van der Waals surface area contributed by atoms with Gasteiger partial charge in [-0.2, -0.15) is 0 Å². The van der Waals surface area contributed by atoms with Crippen molar-refractivity contribution in [1.82, 2.24) is 5.32 Å². The van der Waals surface area contributed by atoms with Crippen molar-refractivity contribution in [3.8, 4) is 0 Å². The van der Waals surface area contributed by atoms with Gasteiger partial charge in [-0.3, -0.25) is 4.79 Å². The number of amides is 1. The Hall–Kier alpha value is -1.84. The fourth-order valence-electron chi connectivity index (χ4n) is 2.50. The molecule has 0 saturated heterocycles. The second-order valence-electron chi connectivity index (χ2n) is 5.40. The van der Waals surface area contributed by atoms with Crippen molar-refractivity contribution in [1.29, 1.82) is 0 Å². The monoisotopic (exact) mass is 275 g/mol. The van der Waals surface area contributed by atoms with Gasteiger partial charge >= 0.3 is 5.97 Å². The van der Waals surface area contributed by atoms with E-state index in [1.165, 1.54) is 0 Å². The van der Waals surface area contributed by atoms with Crippen molar-refractivity contribution in [2.24, 2.45) is 5.92 Å². The summed E-state index contributed by atoms with van der Waals surface area (Å²) in [5.74, 6) is -0.885. The standard InChI is InChI=1S/C16H21NO3/c1-2-3-9-14(16(19)20)17-15(18)13-10-12(13)11-7-5-4-6-8-11/h4-8,12-14H,2-3,9-10H2,1H3,(H,17,18)(H,19,20)/t12?,13?,14-/m0/s1. The number of hydrogen-bond donors (Lipinski definition) is 2. The smallest absolute Gasteiger partial charge is 0.326 e. The topological polar surface area (TPSA) is 66.4 Å². The molecule has 4 nitrogen and oxygen atoms in total. The van der Waals surface area contributed by atoms with Crippen LogP contribution in [0.4, 0.5) is 0 Å². The van der Waals surface area contributed by atoms with Crippen molar-refractivity contribution >= 4 is 11.9 Å². The van der Waals surface area contributed by atoms with E-state index in [9.17, 15) is 9.59 Å². The molecule has 1 aliphatic carbocycles. The Bertz CT molecular complexity index is 472. The molecule has 0 spiro atoms. The zero-order valence-electron chi connectivity index (χ0n) is 11.7. The van der Waals surface area contributed by atoms with Gasteiger partial charge in [-0.15, -0.1) is 0 Å². The molecule has 1 amide bonds. The van der Waals surface area contributed by atoms with E-state index < -0.39 is 12.0 Å². The van der Waals surface area contributed by atoms with E-state index in [4.69, 9.17) is 5.11 Å². The zero-order chi connectivity index (χ0) is 14.5. The molecule has 1 aromatic rings. The first-order valence-electron chi connectivity index (χ1n) is 7.21. The second kappa shape index (κ2) is 6.55. The van der Waals surface area contributed by atoms with Crippen molar-refractivity contribution < 1.29 is 14.7 Å². The number of carbonyl (C=O) groups excluding carboxylic acids is 1. The second-order valence-corrected chi connectivity index (χ2v) is 5.40. The zero-order valence-corrected chi connectivity index (χ0v) is 11.7. The summed E-state index contributed by atoms with van der Waals surface area (Å²) >= 11 is 0. The van der Waals surface area contributed by atoms with Crippen LogP contribution in [0.3, 0.4) is 0 Å². The van der Waals surface area contributed by atoms with Crippen molar-refractivity contribution in [2.45, 2.75) is 44.6 Å². The number of carboxylic acids is 1. The Morgan fingerprint density at radius 3 is 2.65 bits per heavy atom. The van der Waals surface area contributed by atoms with E-state index in [-0.39, 0.29) is 17.7 Å². The first-order valence-corrected chi connectivity index (χ1v) is 7.21. The summed E-state index contributed by atoms with van der Waals surface area (Å²) in [6.07, 6.45) is 3.05. The summed E-state index contributed by atoms with van der Waals surface area (Å²) in [6.45, 7) is 2.01. The van der Waals surface area contributed by atoms with E-state index in [1.54, 1.807) is 0 Å². The Morgan fingerprint density at radius 1 is 1.35 bits per heavy atom. The maximum absolute atomic E-state index is 12.1. The Balaban J connectivity index is 1.88. The minimum Gasteiger partial charge on any atom is -0.480 e. The number of unbranched alkanes of at least 4 members (excludes halogenated alkanes) is 1. The lowest BCUT2D eigenvalue weighted by molar-refractivity contribution is -0.142. The molecule has 0 radical (unpaired) electrons. The van der Waals surface area contributed by atoms with Crippen LogP contribution in [0, 0.1) is 5.92 Å². The average Bonchev–Trinajstić information content (AvgIpc) is 3.24. The molecule has 1 fully saturated rings. The number of rotatable bonds is 7. The molecule has 2 unspecified atom stereocenters. The summed E-state index contributed by atoms with van der Waals surface area (Å²) < 4.78 is 0. The quantitative estimate of drug-likeness (QED) is 0.803. The fraction of sp³-hybridized carbons (Fsp3) is 0.500. The van der Waals surface area contributed by atoms with Crippen LogP contribution in [-0.2, 0) is 9.59 Å². The number of hydrogen-bond acceptors (Lipinski definition) is 2. The summed E-state index contributed by atoms with van der Waals surface area (Å²) in [4.78, 5) is 23.2. The summed E-state index contributed by atoms with van der Waals surface area (Å²) in [5.41, 5.74) is 1.16. The maximum Gasteiger partial charge on any atom is 0.326 e. The molecular weight excluding hydrogens is 254 g/mol. The van der Waals surface area contributed by atoms with E-state index in [1.807, 2.05) is 37.3 Å². The summed E-state index contributed by atoms with van der Waals surface area (Å²) in [6, 6.07) is 9.16. The number of carbonyl (C=O) groups is 2. The lowest BCUT2D eigenvalue weighted by Gasteiger charge is -2.14. The van der Waals surface area contributed by atoms with Crippen molar-refractivity contribution in [3.63, 3.8) is 0 Å². The predicted molar refractivity (Wildman–Crippen MR) is 76.4 cm³/mol. The van der Waals surface area contributed by atoms with Gasteiger partial charge < -0.3 is 10.4 Å². The van der Waals surface area contributed by atoms with Crippen LogP contribution < -0.4 is 5.32 Å². The van der Waals surface area contributed by atoms with E-state index in [0.29, 0.717) is 6.42 Å². The minimum atomic E-state index is -0.941. The molecule has 4 heteroatoms. The van der Waals surface area contributed by atoms with Gasteiger partial charge in [0.2, 0.25) is 5.91 Å². The van der Waals surface area contributed by atoms with E-state index in [0.717, 1.165) is 24.8 Å². The summed E-state index contributed by atoms with van der Waals surface area (Å²) in [5, 5.41) is 11.8. The van der Waals surface area contributed by atoms with Crippen LogP contribution in [0.2, 0.25) is 0 Å². The highest BCUT2D eigenvalue weighted by molar-refractivity contribution is 5.87. The first kappa shape index (κ1) is 14.6. The predicted octanol–water partition coefficient (Wildman–Crippen LogP) is 2.55. The highest BCUT2D eigenvalue weighted by Gasteiger charge is 2.44. The van der Waals surface area contributed by atoms with Crippen LogP contribution in [0.25, 0.3) is 0 Å². The molecular formula is C16H21NO3. The highest BCUT2D eigenvalue weighted by Crippen LogP contribution is 2.47. The molecule has 0 aromatic heterocycles. The van der Waals surface area contributed by atoms with Crippen molar-refractivity contribution in [2.75, 3.05) is 0 Å². The lowest BCUT2D eigenvalue weighted by atomic mass is 10.1. The Kier molecular flexibility index (Phi) is 4.77. The molecule has 2 rings (SSSR count). The van der Waals surface area contributed by atoms with Crippen LogP contribution >= 0.6 is 0 Å². The minimum absolute atomic E-state index is 0.0686. The van der Waals surface area contributed by atoms with Crippen LogP contribution in [0.1, 0.15) is 44.1 Å². The van der Waals surface area contributed by atoms with Crippen LogP contribution in [-0.4, -0.2) is 23.0 Å². The van der Waals surface area contributed by atoms with E-state index >= 15 is 0 Å². The molecule has 3 atom stereocenters. The number of aliphatic carboxylic acids is 1. The largest absolute Gasteiger partial charge is 0.480 e. The van der Waals surface area contributed by atoms with Gasteiger partial charge in [0.1, 0.15) is 6.04 Å². The van der Waals surface area contributed by atoms with Gasteiger partial charge in [0.05, 0.1) is 0 Å². The van der Waals surface area contributed by atoms with Gasteiger partial charge in [0.15, 0.2) is 0 Å². The molecule has 20 heavy (non-hydrogen) atoms. The van der Waals surface area contributed by atoms with Crippen LogP contribution in [0.5, 0.6) is 0 Å². The molecule has 0 bridgehead atoms. The Morgan fingerprint density at radius 2 is 2.05 bits per heavy atom. The third-order valence-electron chi connectivity index (χ3n) is 3.82. The fourth-order valence-corrected chi connectivity index (χ4v) is 2.50. The van der Waals surface area contributed by atoms with Gasteiger partial charge in [-0.05, 0) is 24.3 Å². The number of carboxylic acid groups (broad SMARTS) is 1. The number of benzene rings is 1. The third kappa shape index (κ3) is 3.59. The molecule has 108 valence electrons. The third-order valence-corrected chi connectivity index (χ3v) is 3.82. The highest BCUT2D eigenvalue weighted by atomic mass is 16.4. The SMILES string of the molecule is CCCC[C@H](NC(=O)C1CC1c1ccccc1)C(=O)O. The van der Waals surface area contributed by atoms with Gasteiger partial charge in [-0.1, -0.05) is 50.1 Å².